The molecule has 2 aromatic carbocycles. The lowest BCUT2D eigenvalue weighted by Crippen LogP contribution is -2.24. The second kappa shape index (κ2) is 7.09. The molecule has 0 aliphatic carbocycles. The largest absolute Gasteiger partial charge is 0.457 e. The summed E-state index contributed by atoms with van der Waals surface area (Å²) >= 11 is 0. The van der Waals surface area contributed by atoms with E-state index in [0.717, 1.165) is 23.5 Å². The SMILES string of the molecule is CCc1ccc(Oc2ccc(/C=N/NC(N)=O)cc2)cc1. The van der Waals surface area contributed by atoms with Crippen LogP contribution in [0.4, 0.5) is 4.79 Å². The third-order valence-electron chi connectivity index (χ3n) is 2.84. The van der Waals surface area contributed by atoms with E-state index < -0.39 is 6.03 Å². The van der Waals surface area contributed by atoms with Crippen LogP contribution in [0.1, 0.15) is 18.1 Å². The Morgan fingerprint density at radius 1 is 1.14 bits per heavy atom. The Kier molecular flexibility index (Phi) is 4.93. The number of rotatable bonds is 5. The van der Waals surface area contributed by atoms with Crippen molar-refractivity contribution in [3.05, 3.63) is 59.7 Å². The minimum Gasteiger partial charge on any atom is -0.457 e. The van der Waals surface area contributed by atoms with E-state index in [9.17, 15) is 4.79 Å². The van der Waals surface area contributed by atoms with Gasteiger partial charge in [0.25, 0.3) is 0 Å². The number of benzene rings is 2. The Morgan fingerprint density at radius 2 is 1.71 bits per heavy atom. The summed E-state index contributed by atoms with van der Waals surface area (Å²) in [7, 11) is 0. The Balaban J connectivity index is 1.98. The molecule has 5 nitrogen and oxygen atoms in total. The van der Waals surface area contributed by atoms with Gasteiger partial charge in [0.15, 0.2) is 0 Å². The van der Waals surface area contributed by atoms with Crippen molar-refractivity contribution in [2.45, 2.75) is 13.3 Å². The molecule has 0 aliphatic heterocycles. The molecule has 21 heavy (non-hydrogen) atoms. The molecule has 0 aliphatic rings. The number of urea groups is 1. The molecule has 108 valence electrons. The molecule has 0 unspecified atom stereocenters. The van der Waals surface area contributed by atoms with Crippen LogP contribution in [-0.2, 0) is 6.42 Å². The maximum atomic E-state index is 10.5. The first-order chi connectivity index (χ1) is 10.2. The van der Waals surface area contributed by atoms with E-state index in [1.807, 2.05) is 48.5 Å². The molecule has 2 amide bonds. The number of amides is 2. The van der Waals surface area contributed by atoms with Crippen LogP contribution in [0.25, 0.3) is 0 Å². The number of carbonyl (C=O) groups excluding carboxylic acids is 1. The van der Waals surface area contributed by atoms with Gasteiger partial charge in [0.1, 0.15) is 11.5 Å². The average molecular weight is 283 g/mol. The van der Waals surface area contributed by atoms with Crippen molar-refractivity contribution in [2.24, 2.45) is 10.8 Å². The van der Waals surface area contributed by atoms with Crippen LogP contribution in [0.5, 0.6) is 11.5 Å². The standard InChI is InChI=1S/C16H17N3O2/c1-2-12-3-7-14(8-4-12)21-15-9-5-13(6-10-15)11-18-19-16(17)20/h3-11H,2H2,1H3,(H3,17,19,20)/b18-11+. The van der Waals surface area contributed by atoms with Crippen molar-refractivity contribution in [1.82, 2.24) is 5.43 Å². The van der Waals surface area contributed by atoms with E-state index in [-0.39, 0.29) is 0 Å². The minimum atomic E-state index is -0.693. The van der Waals surface area contributed by atoms with Crippen molar-refractivity contribution in [3.63, 3.8) is 0 Å². The van der Waals surface area contributed by atoms with Crippen LogP contribution >= 0.6 is 0 Å². The summed E-state index contributed by atoms with van der Waals surface area (Å²) in [6.07, 6.45) is 2.51. The van der Waals surface area contributed by atoms with Crippen molar-refractivity contribution in [3.8, 4) is 11.5 Å². The molecular weight excluding hydrogens is 266 g/mol. The number of hydrogen-bond donors (Lipinski definition) is 2. The van der Waals surface area contributed by atoms with Gasteiger partial charge in [-0.3, -0.25) is 0 Å². The van der Waals surface area contributed by atoms with Gasteiger partial charge < -0.3 is 10.5 Å². The lowest BCUT2D eigenvalue weighted by molar-refractivity contribution is 0.249. The fourth-order valence-corrected chi connectivity index (χ4v) is 1.72. The number of ether oxygens (including phenoxy) is 1. The lowest BCUT2D eigenvalue weighted by Gasteiger charge is -2.06. The number of hydrogen-bond acceptors (Lipinski definition) is 3. The van der Waals surface area contributed by atoms with Crippen molar-refractivity contribution in [2.75, 3.05) is 0 Å². The molecule has 2 rings (SSSR count). The molecule has 5 heteroatoms. The Hall–Kier alpha value is -2.82. The van der Waals surface area contributed by atoms with E-state index in [0.29, 0.717) is 0 Å². The predicted molar refractivity (Wildman–Crippen MR) is 82.6 cm³/mol. The zero-order valence-electron chi connectivity index (χ0n) is 11.7. The molecule has 0 aromatic heterocycles. The van der Waals surface area contributed by atoms with E-state index in [2.05, 4.69) is 17.5 Å². The highest BCUT2D eigenvalue weighted by Crippen LogP contribution is 2.21. The summed E-state index contributed by atoms with van der Waals surface area (Å²) < 4.78 is 5.74. The fourth-order valence-electron chi connectivity index (χ4n) is 1.72. The zero-order chi connectivity index (χ0) is 15.1. The molecule has 0 saturated heterocycles. The number of nitrogens with zero attached hydrogens (tertiary/aromatic N) is 1. The lowest BCUT2D eigenvalue weighted by atomic mass is 10.2. The molecule has 0 saturated carbocycles. The van der Waals surface area contributed by atoms with Crippen LogP contribution in [0.15, 0.2) is 53.6 Å². The third-order valence-corrected chi connectivity index (χ3v) is 2.84. The number of carbonyl (C=O) groups is 1. The maximum absolute atomic E-state index is 10.5. The summed E-state index contributed by atoms with van der Waals surface area (Å²) in [4.78, 5) is 10.5. The second-order valence-electron chi connectivity index (χ2n) is 4.40. The number of aryl methyl sites for hydroxylation is 1. The van der Waals surface area contributed by atoms with Gasteiger partial charge in [0, 0.05) is 0 Å². The Morgan fingerprint density at radius 3 is 2.24 bits per heavy atom. The van der Waals surface area contributed by atoms with Crippen molar-refractivity contribution < 1.29 is 9.53 Å². The van der Waals surface area contributed by atoms with E-state index >= 15 is 0 Å². The fraction of sp³-hybridized carbons (Fsp3) is 0.125. The highest BCUT2D eigenvalue weighted by atomic mass is 16.5. The summed E-state index contributed by atoms with van der Waals surface area (Å²) in [5.41, 5.74) is 9.14. The first-order valence-corrected chi connectivity index (χ1v) is 6.62. The van der Waals surface area contributed by atoms with Crippen molar-refractivity contribution >= 4 is 12.2 Å². The molecule has 0 bridgehead atoms. The monoisotopic (exact) mass is 283 g/mol. The highest BCUT2D eigenvalue weighted by molar-refractivity contribution is 5.81. The van der Waals surface area contributed by atoms with Gasteiger partial charge in [-0.2, -0.15) is 5.10 Å². The molecule has 0 radical (unpaired) electrons. The number of nitrogens with one attached hydrogen (secondary N) is 1. The highest BCUT2D eigenvalue weighted by Gasteiger charge is 1.98. The first-order valence-electron chi connectivity index (χ1n) is 6.62. The minimum absolute atomic E-state index is 0.693. The van der Waals surface area contributed by atoms with Gasteiger partial charge in [0.2, 0.25) is 0 Å². The van der Waals surface area contributed by atoms with E-state index in [1.54, 1.807) is 0 Å². The first kappa shape index (κ1) is 14.6. The summed E-state index contributed by atoms with van der Waals surface area (Å²) in [6, 6.07) is 14.6. The molecule has 0 spiro atoms. The molecule has 3 N–H and O–H groups in total. The summed E-state index contributed by atoms with van der Waals surface area (Å²) in [5, 5.41) is 3.68. The van der Waals surface area contributed by atoms with Gasteiger partial charge >= 0.3 is 6.03 Å². The van der Waals surface area contributed by atoms with E-state index in [1.165, 1.54) is 11.8 Å². The van der Waals surface area contributed by atoms with Gasteiger partial charge in [-0.1, -0.05) is 19.1 Å². The van der Waals surface area contributed by atoms with Gasteiger partial charge in [-0.15, -0.1) is 0 Å². The third kappa shape index (κ3) is 4.65. The number of nitrogens with two attached hydrogens (primary N) is 1. The number of hydrazone groups is 1. The molecule has 0 heterocycles. The van der Waals surface area contributed by atoms with E-state index in [4.69, 9.17) is 10.5 Å². The Labute approximate surface area is 123 Å². The molecule has 2 aromatic rings. The summed E-state index contributed by atoms with van der Waals surface area (Å²) in [5.74, 6) is 1.53. The van der Waals surface area contributed by atoms with Crippen LogP contribution < -0.4 is 15.9 Å². The van der Waals surface area contributed by atoms with Gasteiger partial charge in [-0.25, -0.2) is 10.2 Å². The quantitative estimate of drug-likeness (QED) is 0.653. The molecule has 0 fully saturated rings. The predicted octanol–water partition coefficient (Wildman–Crippen LogP) is 3.04. The smallest absolute Gasteiger partial charge is 0.332 e. The van der Waals surface area contributed by atoms with Crippen LogP contribution in [-0.4, -0.2) is 12.2 Å². The maximum Gasteiger partial charge on any atom is 0.332 e. The topological polar surface area (TPSA) is 76.7 Å². The van der Waals surface area contributed by atoms with Crippen LogP contribution in [0.3, 0.4) is 0 Å². The number of primary amides is 1. The van der Waals surface area contributed by atoms with Crippen LogP contribution in [0.2, 0.25) is 0 Å². The summed E-state index contributed by atoms with van der Waals surface area (Å²) in [6.45, 7) is 2.11. The molecule has 0 atom stereocenters. The Bertz CT molecular complexity index is 619. The van der Waals surface area contributed by atoms with Gasteiger partial charge in [0.05, 0.1) is 6.21 Å². The van der Waals surface area contributed by atoms with Gasteiger partial charge in [-0.05, 0) is 53.9 Å². The second-order valence-corrected chi connectivity index (χ2v) is 4.40. The van der Waals surface area contributed by atoms with Crippen LogP contribution in [0, 0.1) is 0 Å². The normalized spacial score (nSPS) is 10.5. The van der Waals surface area contributed by atoms with Crippen molar-refractivity contribution in [1.29, 1.82) is 0 Å². The molecular formula is C16H17N3O2. The average Bonchev–Trinajstić information content (AvgIpc) is 2.49. The zero-order valence-corrected chi connectivity index (χ0v) is 11.7.